The Labute approximate surface area is 178 Å². The van der Waals surface area contributed by atoms with Crippen molar-refractivity contribution in [2.75, 3.05) is 49.4 Å². The number of halogens is 1. The van der Waals surface area contributed by atoms with Crippen molar-refractivity contribution >= 4 is 40.9 Å². The summed E-state index contributed by atoms with van der Waals surface area (Å²) in [6.45, 7) is 3.10. The highest BCUT2D eigenvalue weighted by Gasteiger charge is 2.32. The van der Waals surface area contributed by atoms with Crippen LogP contribution < -0.4 is 15.0 Å². The fourth-order valence-electron chi connectivity index (χ4n) is 3.22. The number of carbonyl (C=O) groups is 1. The average molecular weight is 438 g/mol. The van der Waals surface area contributed by atoms with E-state index in [0.717, 1.165) is 37.0 Å². The minimum absolute atomic E-state index is 0.0936. The monoisotopic (exact) mass is 437 g/mol. The van der Waals surface area contributed by atoms with Crippen LogP contribution in [0.15, 0.2) is 23.4 Å². The Balaban J connectivity index is 1.35. The highest BCUT2D eigenvalue weighted by Crippen LogP contribution is 2.41. The number of methoxy groups -OCH3 is 1. The lowest BCUT2D eigenvalue weighted by molar-refractivity contribution is -0.115. The number of hydrogen-bond acceptors (Lipinski definition) is 7. The van der Waals surface area contributed by atoms with Crippen molar-refractivity contribution in [3.05, 3.63) is 23.2 Å². The van der Waals surface area contributed by atoms with Gasteiger partial charge in [-0.2, -0.15) is 0 Å². The van der Waals surface area contributed by atoms with Gasteiger partial charge in [0.05, 0.1) is 26.0 Å². The van der Waals surface area contributed by atoms with Crippen LogP contribution >= 0.6 is 23.4 Å². The van der Waals surface area contributed by atoms with Crippen LogP contribution in [0, 0.1) is 0 Å². The number of hydrogen-bond donors (Lipinski definition) is 1. The number of thioether (sulfide) groups is 1. The predicted molar refractivity (Wildman–Crippen MR) is 113 cm³/mol. The molecule has 1 saturated carbocycles. The van der Waals surface area contributed by atoms with Crippen LogP contribution in [-0.4, -0.2) is 59.8 Å². The van der Waals surface area contributed by atoms with Crippen LogP contribution in [-0.2, 0) is 9.53 Å². The summed E-state index contributed by atoms with van der Waals surface area (Å²) < 4.78 is 12.9. The third-order valence-electron chi connectivity index (χ3n) is 4.85. The molecule has 1 aliphatic carbocycles. The molecule has 2 heterocycles. The summed E-state index contributed by atoms with van der Waals surface area (Å²) in [5, 5.41) is 13.1. The third kappa shape index (κ3) is 4.96. The van der Waals surface area contributed by atoms with Gasteiger partial charge in [-0.25, -0.2) is 0 Å². The van der Waals surface area contributed by atoms with E-state index in [1.807, 2.05) is 0 Å². The van der Waals surface area contributed by atoms with Crippen molar-refractivity contribution in [2.24, 2.45) is 0 Å². The highest BCUT2D eigenvalue weighted by molar-refractivity contribution is 7.99. The fourth-order valence-corrected chi connectivity index (χ4v) is 4.34. The number of ether oxygens (including phenoxy) is 2. The van der Waals surface area contributed by atoms with Gasteiger partial charge in [-0.1, -0.05) is 23.4 Å². The molecule has 1 aromatic heterocycles. The first-order chi connectivity index (χ1) is 14.2. The molecule has 1 aliphatic heterocycles. The largest absolute Gasteiger partial charge is 0.495 e. The van der Waals surface area contributed by atoms with Crippen LogP contribution in [0.25, 0.3) is 0 Å². The molecule has 1 saturated heterocycles. The van der Waals surface area contributed by atoms with Crippen LogP contribution in [0.2, 0.25) is 5.02 Å². The van der Waals surface area contributed by atoms with Crippen molar-refractivity contribution < 1.29 is 14.3 Å². The van der Waals surface area contributed by atoms with Gasteiger partial charge in [0.2, 0.25) is 11.9 Å². The first kappa shape index (κ1) is 20.3. The van der Waals surface area contributed by atoms with Crippen molar-refractivity contribution in [1.82, 2.24) is 14.8 Å². The Morgan fingerprint density at radius 2 is 2.14 bits per heavy atom. The Kier molecular flexibility index (Phi) is 6.46. The van der Waals surface area contributed by atoms with Crippen LogP contribution in [0.1, 0.15) is 25.3 Å². The van der Waals surface area contributed by atoms with E-state index in [2.05, 4.69) is 25.0 Å². The Hall–Kier alpha value is -1.97. The molecule has 8 nitrogen and oxygen atoms in total. The minimum Gasteiger partial charge on any atom is -0.495 e. The number of amides is 1. The van der Waals surface area contributed by atoms with Gasteiger partial charge in [-0.05, 0) is 31.0 Å². The highest BCUT2D eigenvalue weighted by atomic mass is 35.5. The lowest BCUT2D eigenvalue weighted by Gasteiger charge is -2.27. The zero-order valence-corrected chi connectivity index (χ0v) is 17.8. The molecule has 4 rings (SSSR count). The van der Waals surface area contributed by atoms with E-state index in [4.69, 9.17) is 21.1 Å². The summed E-state index contributed by atoms with van der Waals surface area (Å²) in [4.78, 5) is 14.6. The summed E-state index contributed by atoms with van der Waals surface area (Å²) in [5.74, 6) is 2.03. The standard InChI is InChI=1S/C19H24ClN5O3S/c1-27-16-5-2-13(20)12-15(16)21-17(26)6-11-29-19-23-22-18(25(19)14-3-4-14)24-7-9-28-10-8-24/h2,5,12,14H,3-4,6-11H2,1H3,(H,21,26). The number of benzene rings is 1. The lowest BCUT2D eigenvalue weighted by atomic mass is 10.3. The average Bonchev–Trinajstić information content (AvgIpc) is 3.48. The predicted octanol–water partition coefficient (Wildman–Crippen LogP) is 3.23. The summed E-state index contributed by atoms with van der Waals surface area (Å²) in [6.07, 6.45) is 2.65. The summed E-state index contributed by atoms with van der Waals surface area (Å²) in [7, 11) is 1.56. The second-order valence-electron chi connectivity index (χ2n) is 6.97. The Bertz CT molecular complexity index is 868. The van der Waals surface area contributed by atoms with Crippen LogP contribution in [0.3, 0.4) is 0 Å². The Morgan fingerprint density at radius 1 is 1.34 bits per heavy atom. The first-order valence-electron chi connectivity index (χ1n) is 9.69. The quantitative estimate of drug-likeness (QED) is 0.635. The minimum atomic E-state index is -0.0936. The molecule has 0 spiro atoms. The molecule has 2 aliphatic rings. The molecule has 29 heavy (non-hydrogen) atoms. The normalized spacial score (nSPS) is 16.7. The van der Waals surface area contributed by atoms with Gasteiger partial charge < -0.3 is 19.7 Å². The molecule has 1 aromatic carbocycles. The second-order valence-corrected chi connectivity index (χ2v) is 8.47. The van der Waals surface area contributed by atoms with Gasteiger partial charge in [0.15, 0.2) is 5.16 Å². The molecule has 0 unspecified atom stereocenters. The van der Waals surface area contributed by atoms with E-state index in [-0.39, 0.29) is 5.91 Å². The van der Waals surface area contributed by atoms with E-state index in [9.17, 15) is 4.79 Å². The van der Waals surface area contributed by atoms with Gasteiger partial charge in [-0.3, -0.25) is 9.36 Å². The Morgan fingerprint density at radius 3 is 2.86 bits per heavy atom. The number of aromatic nitrogens is 3. The van der Waals surface area contributed by atoms with E-state index < -0.39 is 0 Å². The van der Waals surface area contributed by atoms with Gasteiger partial charge in [0.25, 0.3) is 0 Å². The molecule has 10 heteroatoms. The van der Waals surface area contributed by atoms with Crippen molar-refractivity contribution in [3.8, 4) is 5.75 Å². The molecule has 1 N–H and O–H groups in total. The number of morpholine rings is 1. The van der Waals surface area contributed by atoms with Gasteiger partial charge in [0, 0.05) is 36.3 Å². The SMILES string of the molecule is COc1ccc(Cl)cc1NC(=O)CCSc1nnc(N2CCOCC2)n1C1CC1. The summed E-state index contributed by atoms with van der Waals surface area (Å²) >= 11 is 7.59. The van der Waals surface area contributed by atoms with Crippen LogP contribution in [0.4, 0.5) is 11.6 Å². The molecule has 2 aromatic rings. The topological polar surface area (TPSA) is 81.5 Å². The number of anilines is 2. The zero-order valence-electron chi connectivity index (χ0n) is 16.3. The van der Waals surface area contributed by atoms with Gasteiger partial charge >= 0.3 is 0 Å². The van der Waals surface area contributed by atoms with Gasteiger partial charge in [0.1, 0.15) is 5.75 Å². The lowest BCUT2D eigenvalue weighted by Crippen LogP contribution is -2.38. The number of nitrogens with one attached hydrogen (secondary N) is 1. The number of rotatable bonds is 8. The fraction of sp³-hybridized carbons (Fsp3) is 0.526. The first-order valence-corrected chi connectivity index (χ1v) is 11.1. The van der Waals surface area contributed by atoms with Crippen molar-refractivity contribution in [3.63, 3.8) is 0 Å². The summed E-state index contributed by atoms with van der Waals surface area (Å²) in [5.41, 5.74) is 0.575. The summed E-state index contributed by atoms with van der Waals surface area (Å²) in [6, 6.07) is 5.61. The zero-order chi connectivity index (χ0) is 20.2. The maximum atomic E-state index is 12.4. The van der Waals surface area contributed by atoms with Crippen molar-refractivity contribution in [1.29, 1.82) is 0 Å². The third-order valence-corrected chi connectivity index (χ3v) is 6.03. The molecule has 156 valence electrons. The van der Waals surface area contributed by atoms with E-state index in [1.165, 1.54) is 0 Å². The number of carbonyl (C=O) groups excluding carboxylic acids is 1. The molecular weight excluding hydrogens is 414 g/mol. The molecule has 2 fully saturated rings. The maximum Gasteiger partial charge on any atom is 0.228 e. The van der Waals surface area contributed by atoms with E-state index in [1.54, 1.807) is 37.1 Å². The molecule has 0 radical (unpaired) electrons. The molecule has 0 bridgehead atoms. The maximum absolute atomic E-state index is 12.4. The van der Waals surface area contributed by atoms with Crippen molar-refractivity contribution in [2.45, 2.75) is 30.5 Å². The molecule has 0 atom stereocenters. The van der Waals surface area contributed by atoms with Gasteiger partial charge in [-0.15, -0.1) is 10.2 Å². The van der Waals surface area contributed by atoms with E-state index in [0.29, 0.717) is 47.9 Å². The molecule has 1 amide bonds. The molecular formula is C19H24ClN5O3S. The number of nitrogens with zero attached hydrogens (tertiary/aromatic N) is 4. The second kappa shape index (κ2) is 9.23. The van der Waals surface area contributed by atoms with E-state index >= 15 is 0 Å². The smallest absolute Gasteiger partial charge is 0.228 e. The van der Waals surface area contributed by atoms with Crippen LogP contribution in [0.5, 0.6) is 5.75 Å².